The average molecular weight is 210 g/mol. The van der Waals surface area contributed by atoms with Crippen molar-refractivity contribution in [2.24, 2.45) is 0 Å². The molecule has 0 aliphatic carbocycles. The number of methoxy groups -OCH3 is 2. The highest BCUT2D eigenvalue weighted by molar-refractivity contribution is 6.54. The van der Waals surface area contributed by atoms with Crippen LogP contribution in [0.2, 0.25) is 6.04 Å². The standard InChI is InChI=1S/C11H18O2Si/c1-4-8-14-10-7-5-6-9(12-2)11(10)13-3/h5-7H,4,8,14H2,1-3H3. The molecule has 1 aromatic rings. The molecule has 78 valence electrons. The van der Waals surface area contributed by atoms with Crippen LogP contribution in [-0.4, -0.2) is 23.7 Å². The Bertz CT molecular complexity index is 287. The number of para-hydroxylation sites is 1. The number of rotatable bonds is 5. The molecule has 1 rings (SSSR count). The summed E-state index contributed by atoms with van der Waals surface area (Å²) in [5.41, 5.74) is 0. The van der Waals surface area contributed by atoms with Crippen LogP contribution in [0.25, 0.3) is 0 Å². The number of hydrogen-bond acceptors (Lipinski definition) is 2. The highest BCUT2D eigenvalue weighted by Crippen LogP contribution is 2.23. The van der Waals surface area contributed by atoms with Crippen LogP contribution in [0, 0.1) is 0 Å². The van der Waals surface area contributed by atoms with Crippen LogP contribution in [0.4, 0.5) is 0 Å². The van der Waals surface area contributed by atoms with Gasteiger partial charge in [-0.3, -0.25) is 0 Å². The maximum atomic E-state index is 5.37. The van der Waals surface area contributed by atoms with Gasteiger partial charge in [-0.15, -0.1) is 0 Å². The van der Waals surface area contributed by atoms with Crippen molar-refractivity contribution in [3.8, 4) is 11.5 Å². The average Bonchev–Trinajstić information content (AvgIpc) is 2.25. The number of ether oxygens (including phenoxy) is 2. The fourth-order valence-corrected chi connectivity index (χ4v) is 3.10. The zero-order valence-electron chi connectivity index (χ0n) is 9.17. The Labute approximate surface area is 88.1 Å². The Hall–Kier alpha value is -0.963. The first-order valence-electron chi connectivity index (χ1n) is 5.03. The van der Waals surface area contributed by atoms with Crippen LogP contribution in [0.3, 0.4) is 0 Å². The minimum atomic E-state index is -0.187. The van der Waals surface area contributed by atoms with Gasteiger partial charge in [0.05, 0.1) is 23.7 Å². The third kappa shape index (κ3) is 2.51. The molecular weight excluding hydrogens is 192 g/mol. The summed E-state index contributed by atoms with van der Waals surface area (Å²) in [6.45, 7) is 2.22. The van der Waals surface area contributed by atoms with E-state index in [9.17, 15) is 0 Å². The molecule has 0 heterocycles. The van der Waals surface area contributed by atoms with Gasteiger partial charge in [-0.2, -0.15) is 0 Å². The number of benzene rings is 1. The monoisotopic (exact) mass is 210 g/mol. The molecule has 1 aromatic carbocycles. The van der Waals surface area contributed by atoms with Gasteiger partial charge in [0, 0.05) is 0 Å². The highest BCUT2D eigenvalue weighted by atomic mass is 28.2. The van der Waals surface area contributed by atoms with Crippen molar-refractivity contribution in [3.63, 3.8) is 0 Å². The molecule has 0 aromatic heterocycles. The molecule has 0 bridgehead atoms. The zero-order valence-corrected chi connectivity index (χ0v) is 10.6. The van der Waals surface area contributed by atoms with Crippen LogP contribution in [0.15, 0.2) is 18.2 Å². The van der Waals surface area contributed by atoms with Crippen LogP contribution < -0.4 is 14.7 Å². The normalized spacial score (nSPS) is 10.8. The molecule has 0 atom stereocenters. The predicted octanol–water partition coefficient (Wildman–Crippen LogP) is 1.33. The first-order valence-corrected chi connectivity index (χ1v) is 6.74. The van der Waals surface area contributed by atoms with E-state index in [0.717, 1.165) is 11.5 Å². The third-order valence-corrected chi connectivity index (χ3v) is 4.44. The summed E-state index contributed by atoms with van der Waals surface area (Å²) >= 11 is 0. The van der Waals surface area contributed by atoms with Crippen molar-refractivity contribution >= 4 is 14.7 Å². The summed E-state index contributed by atoms with van der Waals surface area (Å²) < 4.78 is 10.6. The smallest absolute Gasteiger partial charge is 0.160 e. The van der Waals surface area contributed by atoms with Crippen LogP contribution in [0.1, 0.15) is 13.3 Å². The van der Waals surface area contributed by atoms with Crippen LogP contribution in [-0.2, 0) is 0 Å². The van der Waals surface area contributed by atoms with Gasteiger partial charge in [0.25, 0.3) is 0 Å². The first-order chi connectivity index (χ1) is 6.83. The van der Waals surface area contributed by atoms with Crippen LogP contribution in [0.5, 0.6) is 11.5 Å². The summed E-state index contributed by atoms with van der Waals surface area (Å²) in [5.74, 6) is 1.80. The second-order valence-electron chi connectivity index (χ2n) is 3.26. The predicted molar refractivity (Wildman–Crippen MR) is 62.8 cm³/mol. The van der Waals surface area contributed by atoms with Gasteiger partial charge in [-0.25, -0.2) is 0 Å². The van der Waals surface area contributed by atoms with Crippen molar-refractivity contribution in [2.45, 2.75) is 19.4 Å². The molecule has 0 amide bonds. The van der Waals surface area contributed by atoms with E-state index >= 15 is 0 Å². The SMILES string of the molecule is CCC[SiH2]c1cccc(OC)c1OC. The molecular formula is C11H18O2Si. The summed E-state index contributed by atoms with van der Waals surface area (Å²) in [7, 11) is 3.21. The Morgan fingerprint density at radius 3 is 2.57 bits per heavy atom. The van der Waals surface area contributed by atoms with Crippen molar-refractivity contribution in [2.75, 3.05) is 14.2 Å². The summed E-state index contributed by atoms with van der Waals surface area (Å²) in [5, 5.41) is 1.37. The maximum Gasteiger partial charge on any atom is 0.160 e. The van der Waals surface area contributed by atoms with E-state index in [0.29, 0.717) is 0 Å². The Kier molecular flexibility index (Phi) is 4.53. The summed E-state index contributed by atoms with van der Waals surface area (Å²) in [6, 6.07) is 7.47. The van der Waals surface area contributed by atoms with Crippen molar-refractivity contribution in [1.82, 2.24) is 0 Å². The van der Waals surface area contributed by atoms with E-state index in [4.69, 9.17) is 9.47 Å². The minimum absolute atomic E-state index is 0.187. The number of hydrogen-bond donors (Lipinski definition) is 0. The molecule has 0 unspecified atom stereocenters. The molecule has 2 nitrogen and oxygen atoms in total. The first kappa shape index (κ1) is 11.1. The van der Waals surface area contributed by atoms with Crippen molar-refractivity contribution in [1.29, 1.82) is 0 Å². The lowest BCUT2D eigenvalue weighted by Gasteiger charge is -2.11. The second kappa shape index (κ2) is 5.70. The topological polar surface area (TPSA) is 18.5 Å². The summed E-state index contributed by atoms with van der Waals surface area (Å²) in [6.07, 6.45) is 1.26. The van der Waals surface area contributed by atoms with E-state index in [2.05, 4.69) is 13.0 Å². The molecule has 0 saturated heterocycles. The van der Waals surface area contributed by atoms with Gasteiger partial charge < -0.3 is 9.47 Å². The Morgan fingerprint density at radius 1 is 1.21 bits per heavy atom. The molecule has 0 aliphatic heterocycles. The van der Waals surface area contributed by atoms with Crippen LogP contribution >= 0.6 is 0 Å². The fourth-order valence-electron chi connectivity index (χ4n) is 1.52. The molecule has 0 N–H and O–H groups in total. The van der Waals surface area contributed by atoms with E-state index in [1.807, 2.05) is 12.1 Å². The highest BCUT2D eigenvalue weighted by Gasteiger charge is 2.08. The van der Waals surface area contributed by atoms with Gasteiger partial charge in [0.1, 0.15) is 0 Å². The fraction of sp³-hybridized carbons (Fsp3) is 0.455. The van der Waals surface area contributed by atoms with Gasteiger partial charge in [-0.1, -0.05) is 31.5 Å². The van der Waals surface area contributed by atoms with E-state index in [1.165, 1.54) is 17.7 Å². The van der Waals surface area contributed by atoms with Gasteiger partial charge in [0.15, 0.2) is 11.5 Å². The lowest BCUT2D eigenvalue weighted by molar-refractivity contribution is 0.357. The molecule has 0 spiro atoms. The van der Waals surface area contributed by atoms with Gasteiger partial charge in [0.2, 0.25) is 0 Å². The van der Waals surface area contributed by atoms with Gasteiger partial charge >= 0.3 is 0 Å². The summed E-state index contributed by atoms with van der Waals surface area (Å²) in [4.78, 5) is 0. The minimum Gasteiger partial charge on any atom is -0.493 e. The van der Waals surface area contributed by atoms with E-state index < -0.39 is 0 Å². The maximum absolute atomic E-state index is 5.37. The zero-order chi connectivity index (χ0) is 10.4. The lowest BCUT2D eigenvalue weighted by atomic mass is 10.3. The molecule has 0 radical (unpaired) electrons. The van der Waals surface area contributed by atoms with Gasteiger partial charge in [-0.05, 0) is 11.3 Å². The second-order valence-corrected chi connectivity index (χ2v) is 5.23. The molecule has 0 saturated carbocycles. The molecule has 0 aliphatic rings. The van der Waals surface area contributed by atoms with Crippen molar-refractivity contribution in [3.05, 3.63) is 18.2 Å². The third-order valence-electron chi connectivity index (χ3n) is 2.28. The van der Waals surface area contributed by atoms with Crippen molar-refractivity contribution < 1.29 is 9.47 Å². The lowest BCUT2D eigenvalue weighted by Crippen LogP contribution is -2.16. The Morgan fingerprint density at radius 2 is 2.00 bits per heavy atom. The Balaban J connectivity index is 2.90. The van der Waals surface area contributed by atoms with E-state index in [1.54, 1.807) is 14.2 Å². The molecule has 0 fully saturated rings. The quantitative estimate of drug-likeness (QED) is 0.683. The largest absolute Gasteiger partial charge is 0.493 e. The van der Waals surface area contributed by atoms with E-state index in [-0.39, 0.29) is 9.52 Å². The molecule has 3 heteroatoms. The molecule has 14 heavy (non-hydrogen) atoms.